The predicted molar refractivity (Wildman–Crippen MR) is 116 cm³/mol. The Balaban J connectivity index is 2.21. The molecule has 0 aromatic heterocycles. The largest absolute Gasteiger partial charge is 0.354 e. The van der Waals surface area contributed by atoms with Crippen molar-refractivity contribution < 1.29 is 14.4 Å². The molecule has 1 saturated heterocycles. The van der Waals surface area contributed by atoms with E-state index < -0.39 is 0 Å². The average molecular weight is 417 g/mol. The summed E-state index contributed by atoms with van der Waals surface area (Å²) in [6.07, 6.45) is 5.05. The lowest BCUT2D eigenvalue weighted by molar-refractivity contribution is -0.136. The normalized spacial score (nSPS) is 19.4. The summed E-state index contributed by atoms with van der Waals surface area (Å²) >= 11 is 0. The number of unbranched alkanes of at least 4 members (excludes halogenated alkanes) is 1. The van der Waals surface area contributed by atoms with Gasteiger partial charge in [0.2, 0.25) is 11.8 Å². The van der Waals surface area contributed by atoms with Crippen LogP contribution in [0.15, 0.2) is 0 Å². The van der Waals surface area contributed by atoms with Crippen molar-refractivity contribution in [1.82, 2.24) is 10.6 Å². The lowest BCUT2D eigenvalue weighted by atomic mass is 9.72. The molecule has 1 heterocycles. The number of hydrogen-bond donors (Lipinski definition) is 2. The summed E-state index contributed by atoms with van der Waals surface area (Å²) < 4.78 is 0. The van der Waals surface area contributed by atoms with E-state index in [1.165, 1.54) is 25.5 Å². The van der Waals surface area contributed by atoms with Crippen LogP contribution in [0.1, 0.15) is 66.7 Å². The number of carbonyl (C=O) groups is 3. The fourth-order valence-corrected chi connectivity index (χ4v) is 6.44. The summed E-state index contributed by atoms with van der Waals surface area (Å²) in [5.74, 6) is 0.498. The lowest BCUT2D eigenvalue weighted by Gasteiger charge is -2.33. The highest BCUT2D eigenvalue weighted by molar-refractivity contribution is 8.77. The predicted octanol–water partition coefficient (Wildman–Crippen LogP) is 3.82. The van der Waals surface area contributed by atoms with Gasteiger partial charge in [0.05, 0.1) is 5.92 Å². The lowest BCUT2D eigenvalue weighted by Crippen LogP contribution is -2.45. The van der Waals surface area contributed by atoms with Crippen LogP contribution in [0.3, 0.4) is 0 Å². The summed E-state index contributed by atoms with van der Waals surface area (Å²) in [5.41, 5.74) is -0.297. The monoisotopic (exact) mass is 416 g/mol. The second-order valence-corrected chi connectivity index (χ2v) is 11.2. The van der Waals surface area contributed by atoms with E-state index in [-0.39, 0.29) is 34.8 Å². The van der Waals surface area contributed by atoms with E-state index in [0.29, 0.717) is 19.5 Å². The third kappa shape index (κ3) is 9.37. The molecule has 0 bridgehead atoms. The molecular formula is C20H36N2O3S2. The van der Waals surface area contributed by atoms with Gasteiger partial charge in [-0.1, -0.05) is 55.7 Å². The summed E-state index contributed by atoms with van der Waals surface area (Å²) in [7, 11) is 3.94. The van der Waals surface area contributed by atoms with Crippen LogP contribution >= 0.6 is 21.6 Å². The molecule has 0 spiro atoms. The van der Waals surface area contributed by atoms with Crippen LogP contribution < -0.4 is 10.6 Å². The van der Waals surface area contributed by atoms with Gasteiger partial charge in [-0.25, -0.2) is 0 Å². The number of Topliss-reactive ketones (excluding diaryl/α,β-unsaturated/α-hetero) is 1. The van der Waals surface area contributed by atoms with Gasteiger partial charge in [0, 0.05) is 36.4 Å². The molecule has 3 unspecified atom stereocenters. The van der Waals surface area contributed by atoms with E-state index >= 15 is 0 Å². The van der Waals surface area contributed by atoms with Gasteiger partial charge in [0.1, 0.15) is 5.78 Å². The summed E-state index contributed by atoms with van der Waals surface area (Å²) in [6, 6.07) is 0. The number of ketones is 1. The molecule has 3 atom stereocenters. The zero-order valence-electron chi connectivity index (χ0n) is 17.4. The van der Waals surface area contributed by atoms with Crippen LogP contribution in [-0.4, -0.2) is 41.7 Å². The Morgan fingerprint density at radius 2 is 1.78 bits per heavy atom. The maximum atomic E-state index is 12.5. The topological polar surface area (TPSA) is 75.3 Å². The Morgan fingerprint density at radius 3 is 2.33 bits per heavy atom. The van der Waals surface area contributed by atoms with Crippen molar-refractivity contribution in [2.45, 2.75) is 72.0 Å². The number of hydrogen-bond acceptors (Lipinski definition) is 5. The summed E-state index contributed by atoms with van der Waals surface area (Å²) in [5, 5.41) is 6.51. The minimum Gasteiger partial charge on any atom is -0.354 e. The van der Waals surface area contributed by atoms with E-state index in [1.54, 1.807) is 0 Å². The molecule has 0 aromatic rings. The molecule has 1 fully saturated rings. The molecule has 2 N–H and O–H groups in total. The molecule has 0 aromatic carbocycles. The highest BCUT2D eigenvalue weighted by Crippen LogP contribution is 2.39. The van der Waals surface area contributed by atoms with Crippen LogP contribution in [0.5, 0.6) is 0 Å². The van der Waals surface area contributed by atoms with Gasteiger partial charge in [-0.3, -0.25) is 14.4 Å². The first-order valence-corrected chi connectivity index (χ1v) is 12.3. The summed E-state index contributed by atoms with van der Waals surface area (Å²) in [4.78, 5) is 36.2. The maximum Gasteiger partial charge on any atom is 0.224 e. The molecule has 0 aliphatic carbocycles. The van der Waals surface area contributed by atoms with Crippen LogP contribution in [-0.2, 0) is 14.4 Å². The first-order chi connectivity index (χ1) is 12.6. The zero-order chi connectivity index (χ0) is 20.4. The van der Waals surface area contributed by atoms with Gasteiger partial charge < -0.3 is 10.6 Å². The first kappa shape index (κ1) is 24.3. The van der Waals surface area contributed by atoms with Gasteiger partial charge in [0.15, 0.2) is 0 Å². The van der Waals surface area contributed by atoms with Gasteiger partial charge in [-0.15, -0.1) is 0 Å². The minimum absolute atomic E-state index is 0.0213. The van der Waals surface area contributed by atoms with Crippen molar-refractivity contribution >= 4 is 39.2 Å². The van der Waals surface area contributed by atoms with E-state index in [1.807, 2.05) is 49.3 Å². The average Bonchev–Trinajstić information content (AvgIpc) is 3.07. The van der Waals surface area contributed by atoms with Gasteiger partial charge >= 0.3 is 0 Å². The Morgan fingerprint density at radius 1 is 1.11 bits per heavy atom. The number of rotatable bonds is 11. The van der Waals surface area contributed by atoms with E-state index in [4.69, 9.17) is 0 Å². The second kappa shape index (κ2) is 12.0. The van der Waals surface area contributed by atoms with Crippen LogP contribution in [0.25, 0.3) is 0 Å². The molecule has 156 valence electrons. The third-order valence-corrected chi connectivity index (χ3v) is 8.02. The van der Waals surface area contributed by atoms with Crippen molar-refractivity contribution in [3.63, 3.8) is 0 Å². The van der Waals surface area contributed by atoms with Crippen molar-refractivity contribution in [2.75, 3.05) is 18.8 Å². The standard InChI is InChI=1S/C20H36N2O3S2/c1-14(15(2)23)18(20(3,4)5)19(25)22-12-11-21-17(24)9-7-6-8-16-10-13-26-27-16/h14,16,18H,6-13H2,1-5H3,(H,21,24)(H,22,25). The molecule has 1 aliphatic heterocycles. The highest BCUT2D eigenvalue weighted by atomic mass is 33.1. The molecular weight excluding hydrogens is 380 g/mol. The molecule has 7 heteroatoms. The number of amides is 2. The minimum atomic E-state index is -0.377. The molecule has 1 aliphatic rings. The molecule has 2 amide bonds. The first-order valence-electron chi connectivity index (χ1n) is 9.96. The third-order valence-electron chi connectivity index (χ3n) is 5.01. The van der Waals surface area contributed by atoms with Crippen molar-refractivity contribution in [3.05, 3.63) is 0 Å². The summed E-state index contributed by atoms with van der Waals surface area (Å²) in [6.45, 7) is 10.1. The molecule has 0 saturated carbocycles. The zero-order valence-corrected chi connectivity index (χ0v) is 19.1. The highest BCUT2D eigenvalue weighted by Gasteiger charge is 2.37. The number of carbonyl (C=O) groups excluding carboxylic acids is 3. The Hall–Kier alpha value is -0.690. The fraction of sp³-hybridized carbons (Fsp3) is 0.850. The second-order valence-electron chi connectivity index (χ2n) is 8.46. The maximum absolute atomic E-state index is 12.5. The molecule has 27 heavy (non-hydrogen) atoms. The van der Waals surface area contributed by atoms with Crippen LogP contribution in [0, 0.1) is 17.3 Å². The van der Waals surface area contributed by atoms with Gasteiger partial charge in [0.25, 0.3) is 0 Å². The van der Waals surface area contributed by atoms with Crippen molar-refractivity contribution in [3.8, 4) is 0 Å². The Labute approximate surface area is 172 Å². The smallest absolute Gasteiger partial charge is 0.224 e. The molecule has 5 nitrogen and oxygen atoms in total. The van der Waals surface area contributed by atoms with E-state index in [2.05, 4.69) is 10.6 Å². The number of nitrogens with one attached hydrogen (secondary N) is 2. The van der Waals surface area contributed by atoms with Crippen LogP contribution in [0.4, 0.5) is 0 Å². The van der Waals surface area contributed by atoms with Gasteiger partial charge in [-0.05, 0) is 31.6 Å². The Kier molecular flexibility index (Phi) is 10.8. The SMILES string of the molecule is CC(=O)C(C)C(C(=O)NCCNC(=O)CCCCC1CCSS1)C(C)(C)C. The van der Waals surface area contributed by atoms with E-state index in [0.717, 1.165) is 18.1 Å². The van der Waals surface area contributed by atoms with Crippen LogP contribution in [0.2, 0.25) is 0 Å². The van der Waals surface area contributed by atoms with Gasteiger partial charge in [-0.2, -0.15) is 0 Å². The molecule has 0 radical (unpaired) electrons. The van der Waals surface area contributed by atoms with Crippen molar-refractivity contribution in [1.29, 1.82) is 0 Å². The van der Waals surface area contributed by atoms with Crippen molar-refractivity contribution in [2.24, 2.45) is 17.3 Å². The quantitative estimate of drug-likeness (QED) is 0.396. The van der Waals surface area contributed by atoms with E-state index in [9.17, 15) is 14.4 Å². The fourth-order valence-electron chi connectivity index (χ4n) is 3.41. The molecule has 1 rings (SSSR count). The Bertz CT molecular complexity index is 500.